The molecule has 0 bridgehead atoms. The van der Waals surface area contributed by atoms with Crippen molar-refractivity contribution in [2.24, 2.45) is 0 Å². The number of hydrogen-bond donors (Lipinski definition) is 1. The lowest BCUT2D eigenvalue weighted by atomic mass is 10.1. The molecule has 3 aromatic rings. The summed E-state index contributed by atoms with van der Waals surface area (Å²) in [6.45, 7) is 4.74. The van der Waals surface area contributed by atoms with Crippen molar-refractivity contribution < 1.29 is 22.2 Å². The molecular weight excluding hydrogens is 512 g/mol. The van der Waals surface area contributed by atoms with Crippen LogP contribution in [0, 0.1) is 25.2 Å². The van der Waals surface area contributed by atoms with Gasteiger partial charge in [-0.25, -0.2) is 12.4 Å². The van der Waals surface area contributed by atoms with Gasteiger partial charge in [0.05, 0.1) is 10.4 Å². The SMILES string of the molecule is CC(=O)S(C)(C)(=O)Nc1cc2cc(C(=O)/C(C#N)=C/N(C)C)n(S(=O)(=O)c3ccc(C)cc3)c2cc1C. The zero-order valence-electron chi connectivity index (χ0n) is 21.8. The van der Waals surface area contributed by atoms with Crippen LogP contribution >= 0.6 is 0 Å². The van der Waals surface area contributed by atoms with E-state index in [-0.39, 0.29) is 21.7 Å². The molecule has 9 nitrogen and oxygen atoms in total. The monoisotopic (exact) mass is 542 g/mol. The molecule has 0 amide bonds. The van der Waals surface area contributed by atoms with Crippen LogP contribution in [0.3, 0.4) is 0 Å². The van der Waals surface area contributed by atoms with Crippen LogP contribution in [0.25, 0.3) is 10.9 Å². The molecule has 0 aliphatic heterocycles. The summed E-state index contributed by atoms with van der Waals surface area (Å²) < 4.78 is 44.7. The van der Waals surface area contributed by atoms with Crippen LogP contribution in [-0.4, -0.2) is 59.0 Å². The average Bonchev–Trinajstić information content (AvgIpc) is 3.15. The van der Waals surface area contributed by atoms with Crippen LogP contribution < -0.4 is 4.72 Å². The number of aryl methyl sites for hydroxylation is 2. The number of carbonyl (C=O) groups is 2. The Kier molecular flexibility index (Phi) is 6.98. The second-order valence-corrected chi connectivity index (χ2v) is 15.9. The largest absolute Gasteiger partial charge is 0.382 e. The average molecular weight is 543 g/mol. The van der Waals surface area contributed by atoms with Gasteiger partial charge in [0.1, 0.15) is 17.3 Å². The minimum Gasteiger partial charge on any atom is -0.382 e. The van der Waals surface area contributed by atoms with Crippen molar-refractivity contribution in [2.75, 3.05) is 31.3 Å². The molecular formula is C26H30N4O5S2. The number of fused-ring (bicyclic) bond motifs is 1. The third-order valence-electron chi connectivity index (χ3n) is 5.89. The first-order valence-electron chi connectivity index (χ1n) is 11.2. The van der Waals surface area contributed by atoms with E-state index in [0.717, 1.165) is 9.54 Å². The number of aromatic nitrogens is 1. The Bertz CT molecular complexity index is 1680. The number of Topliss-reactive ketones (excluding diaryl/α,β-unsaturated/α-hetero) is 1. The van der Waals surface area contributed by atoms with Gasteiger partial charge < -0.3 is 9.62 Å². The summed E-state index contributed by atoms with van der Waals surface area (Å²) in [6.07, 6.45) is 3.98. The van der Waals surface area contributed by atoms with Crippen molar-refractivity contribution in [1.82, 2.24) is 8.87 Å². The van der Waals surface area contributed by atoms with Gasteiger partial charge in [-0.2, -0.15) is 5.26 Å². The highest BCUT2D eigenvalue weighted by molar-refractivity contribution is 8.31. The smallest absolute Gasteiger partial charge is 0.268 e. The summed E-state index contributed by atoms with van der Waals surface area (Å²) in [4.78, 5) is 27.1. The fourth-order valence-electron chi connectivity index (χ4n) is 3.61. The number of carbonyl (C=O) groups excluding carboxylic acids is 2. The quantitative estimate of drug-likeness (QED) is 0.274. The number of ketones is 1. The molecule has 37 heavy (non-hydrogen) atoms. The van der Waals surface area contributed by atoms with E-state index in [9.17, 15) is 27.5 Å². The molecule has 1 aromatic heterocycles. The van der Waals surface area contributed by atoms with Crippen LogP contribution in [0.2, 0.25) is 0 Å². The Hall–Kier alpha value is -3.75. The number of nitrogens with one attached hydrogen (secondary N) is 1. The number of nitrogens with zero attached hydrogens (tertiary/aromatic N) is 3. The lowest BCUT2D eigenvalue weighted by Gasteiger charge is -2.33. The standard InChI is InChI=1S/C26H30N4O5S2/c1-17-8-10-22(11-9-17)36(33,34)30-24-12-18(2)23(28-37(6,7,35)19(3)31)13-20(24)14-25(30)26(32)21(15-27)16-29(4)5/h8-14,16H,1-7H3,(H,28,35)/b21-16+. The van der Waals surface area contributed by atoms with E-state index in [0.29, 0.717) is 16.6 Å². The number of rotatable bonds is 7. The fourth-order valence-corrected chi connectivity index (χ4v) is 6.11. The predicted molar refractivity (Wildman–Crippen MR) is 146 cm³/mol. The predicted octanol–water partition coefficient (Wildman–Crippen LogP) is 3.60. The van der Waals surface area contributed by atoms with Gasteiger partial charge in [-0.1, -0.05) is 17.7 Å². The molecule has 2 aromatic carbocycles. The first-order valence-corrected chi connectivity index (χ1v) is 15.4. The van der Waals surface area contributed by atoms with Gasteiger partial charge in [0.15, 0.2) is 0 Å². The van der Waals surface area contributed by atoms with Gasteiger partial charge in [0.25, 0.3) is 10.0 Å². The highest BCUT2D eigenvalue weighted by Crippen LogP contribution is 2.34. The van der Waals surface area contributed by atoms with Crippen molar-refractivity contribution in [1.29, 1.82) is 5.26 Å². The van der Waals surface area contributed by atoms with E-state index < -0.39 is 30.2 Å². The molecule has 0 fully saturated rings. The number of allylic oxidation sites excluding steroid dienone is 1. The summed E-state index contributed by atoms with van der Waals surface area (Å²) in [5.41, 5.74) is 1.47. The molecule has 0 unspecified atom stereocenters. The maximum atomic E-state index is 13.8. The van der Waals surface area contributed by atoms with Gasteiger partial charge in [0, 0.05) is 60.1 Å². The van der Waals surface area contributed by atoms with Gasteiger partial charge in [-0.05, 0) is 49.7 Å². The van der Waals surface area contributed by atoms with Crippen molar-refractivity contribution in [3.63, 3.8) is 0 Å². The molecule has 196 valence electrons. The highest BCUT2D eigenvalue weighted by Gasteiger charge is 2.32. The lowest BCUT2D eigenvalue weighted by molar-refractivity contribution is -0.109. The Morgan fingerprint density at radius 1 is 1.08 bits per heavy atom. The Balaban J connectivity index is 2.38. The van der Waals surface area contributed by atoms with E-state index in [2.05, 4.69) is 4.72 Å². The number of nitriles is 1. The van der Waals surface area contributed by atoms with Crippen LogP contribution in [0.5, 0.6) is 0 Å². The van der Waals surface area contributed by atoms with Crippen molar-refractivity contribution in [3.8, 4) is 6.07 Å². The molecule has 0 aliphatic rings. The van der Waals surface area contributed by atoms with Crippen LogP contribution in [-0.2, 0) is 24.1 Å². The summed E-state index contributed by atoms with van der Waals surface area (Å²) in [5.74, 6) is -0.771. The van der Waals surface area contributed by atoms with E-state index in [1.54, 1.807) is 45.3 Å². The topological polar surface area (TPSA) is 129 Å². The Labute approximate surface area is 217 Å². The number of hydrogen-bond acceptors (Lipinski definition) is 7. The third-order valence-corrected chi connectivity index (χ3v) is 10.1. The molecule has 1 heterocycles. The van der Waals surface area contributed by atoms with Crippen LogP contribution in [0.1, 0.15) is 28.5 Å². The maximum Gasteiger partial charge on any atom is 0.268 e. The minimum absolute atomic E-state index is 0.0263. The van der Waals surface area contributed by atoms with Gasteiger partial charge in [-0.3, -0.25) is 13.8 Å². The highest BCUT2D eigenvalue weighted by atomic mass is 32.3. The van der Waals surface area contributed by atoms with Gasteiger partial charge in [-0.15, -0.1) is 0 Å². The number of benzene rings is 2. The maximum absolute atomic E-state index is 13.8. The lowest BCUT2D eigenvalue weighted by Crippen LogP contribution is -2.44. The normalized spacial score (nSPS) is 13.5. The molecule has 0 saturated carbocycles. The molecule has 11 heteroatoms. The van der Waals surface area contributed by atoms with Crippen LogP contribution in [0.4, 0.5) is 5.69 Å². The Morgan fingerprint density at radius 3 is 2.19 bits per heavy atom. The van der Waals surface area contributed by atoms with Gasteiger partial charge >= 0.3 is 0 Å². The third kappa shape index (κ3) is 5.35. The van der Waals surface area contributed by atoms with Crippen molar-refractivity contribution in [3.05, 3.63) is 71.1 Å². The van der Waals surface area contributed by atoms with Crippen LogP contribution in [0.15, 0.2) is 59.1 Å². The first kappa shape index (κ1) is 27.8. The first-order chi connectivity index (χ1) is 17.0. The van der Waals surface area contributed by atoms with Crippen molar-refractivity contribution in [2.45, 2.75) is 25.7 Å². The molecule has 3 rings (SSSR count). The van der Waals surface area contributed by atoms with E-state index in [4.69, 9.17) is 0 Å². The van der Waals surface area contributed by atoms with E-state index in [1.807, 2.05) is 13.0 Å². The summed E-state index contributed by atoms with van der Waals surface area (Å²) in [6, 6.07) is 12.5. The molecule has 0 radical (unpaired) electrons. The minimum atomic E-state index is -4.26. The second-order valence-electron chi connectivity index (χ2n) is 9.71. The van der Waals surface area contributed by atoms with Gasteiger partial charge in [0.2, 0.25) is 10.9 Å². The summed E-state index contributed by atoms with van der Waals surface area (Å²) >= 11 is 0. The van der Waals surface area contributed by atoms with E-state index >= 15 is 0 Å². The molecule has 0 saturated heterocycles. The molecule has 1 N–H and O–H groups in total. The number of anilines is 1. The van der Waals surface area contributed by atoms with E-state index in [1.165, 1.54) is 48.7 Å². The molecule has 0 aliphatic carbocycles. The molecule has 0 atom stereocenters. The zero-order valence-corrected chi connectivity index (χ0v) is 23.5. The Morgan fingerprint density at radius 2 is 1.68 bits per heavy atom. The molecule has 0 spiro atoms. The summed E-state index contributed by atoms with van der Waals surface area (Å²) in [5, 5.41) is 9.44. The zero-order chi connectivity index (χ0) is 27.9. The second kappa shape index (κ2) is 9.28. The fraction of sp³-hybridized carbons (Fsp3) is 0.269. The summed E-state index contributed by atoms with van der Waals surface area (Å²) in [7, 11) is -4.87. The van der Waals surface area contributed by atoms with Crippen molar-refractivity contribution >= 4 is 46.8 Å².